The molecule has 0 saturated heterocycles. The number of hydrogen-bond acceptors (Lipinski definition) is 5. The van der Waals surface area contributed by atoms with Crippen LogP contribution in [0.5, 0.6) is 0 Å². The molecule has 0 bridgehead atoms. The van der Waals surface area contributed by atoms with E-state index >= 15 is 0 Å². The van der Waals surface area contributed by atoms with Gasteiger partial charge in [0.15, 0.2) is 0 Å². The van der Waals surface area contributed by atoms with Crippen LogP contribution in [0.15, 0.2) is 23.9 Å². The second-order valence-electron chi connectivity index (χ2n) is 6.69. The molecule has 1 aliphatic rings. The van der Waals surface area contributed by atoms with Crippen LogP contribution in [-0.2, 0) is 14.9 Å². The van der Waals surface area contributed by atoms with Crippen LogP contribution in [0.25, 0.3) is 0 Å². The number of unbranched alkanes of at least 4 members (excludes halogenated alkanes) is 1. The van der Waals surface area contributed by atoms with E-state index in [0.717, 1.165) is 38.0 Å². The molecule has 4 N–H and O–H groups in total. The van der Waals surface area contributed by atoms with Crippen molar-refractivity contribution in [1.29, 1.82) is 0 Å². The SMILES string of the molecule is CCCCC(C)C1(N)C=CC(C(=O)O)C(N(CC)CC)=C1.CS(=O)(=O)O. The van der Waals surface area contributed by atoms with Crippen LogP contribution in [-0.4, -0.2) is 53.8 Å². The fourth-order valence-electron chi connectivity index (χ4n) is 2.91. The van der Waals surface area contributed by atoms with E-state index in [1.54, 1.807) is 6.08 Å². The molecular formula is C18H34N2O5S. The van der Waals surface area contributed by atoms with Crippen molar-refractivity contribution >= 4 is 16.1 Å². The number of rotatable bonds is 8. The minimum absolute atomic E-state index is 0.300. The van der Waals surface area contributed by atoms with Gasteiger partial charge in [-0.2, -0.15) is 8.42 Å². The van der Waals surface area contributed by atoms with Crippen molar-refractivity contribution in [2.45, 2.75) is 52.5 Å². The summed E-state index contributed by atoms with van der Waals surface area (Å²) in [6.07, 6.45) is 9.69. The van der Waals surface area contributed by atoms with E-state index in [9.17, 15) is 18.3 Å². The molecule has 152 valence electrons. The molecule has 0 aliphatic heterocycles. The van der Waals surface area contributed by atoms with Crippen LogP contribution in [0, 0.1) is 11.8 Å². The molecule has 3 unspecified atom stereocenters. The first-order valence-electron chi connectivity index (χ1n) is 9.00. The van der Waals surface area contributed by atoms with Gasteiger partial charge in [-0.3, -0.25) is 9.35 Å². The monoisotopic (exact) mass is 390 g/mol. The fraction of sp³-hybridized carbons (Fsp3) is 0.722. The lowest BCUT2D eigenvalue weighted by Crippen LogP contribution is -2.47. The smallest absolute Gasteiger partial charge is 0.316 e. The van der Waals surface area contributed by atoms with Gasteiger partial charge in [0, 0.05) is 18.8 Å². The molecule has 0 fully saturated rings. The number of hydrogen-bond donors (Lipinski definition) is 3. The van der Waals surface area contributed by atoms with Gasteiger partial charge in [0.05, 0.1) is 11.8 Å². The molecule has 26 heavy (non-hydrogen) atoms. The van der Waals surface area contributed by atoms with Crippen LogP contribution in [0.1, 0.15) is 47.0 Å². The highest BCUT2D eigenvalue weighted by molar-refractivity contribution is 7.85. The average Bonchev–Trinajstić information content (AvgIpc) is 2.52. The quantitative estimate of drug-likeness (QED) is 0.430. The van der Waals surface area contributed by atoms with Crippen molar-refractivity contribution in [3.05, 3.63) is 23.9 Å². The van der Waals surface area contributed by atoms with Gasteiger partial charge in [-0.25, -0.2) is 0 Å². The Morgan fingerprint density at radius 3 is 2.23 bits per heavy atom. The minimum atomic E-state index is -3.67. The lowest BCUT2D eigenvalue weighted by molar-refractivity contribution is -0.139. The van der Waals surface area contributed by atoms with Gasteiger partial charge in [-0.1, -0.05) is 38.8 Å². The number of carboxylic acids is 1. The van der Waals surface area contributed by atoms with Crippen molar-refractivity contribution in [3.8, 4) is 0 Å². The summed E-state index contributed by atoms with van der Waals surface area (Å²) >= 11 is 0. The Morgan fingerprint density at radius 1 is 1.35 bits per heavy atom. The highest BCUT2D eigenvalue weighted by Crippen LogP contribution is 2.33. The van der Waals surface area contributed by atoms with E-state index < -0.39 is 27.5 Å². The highest BCUT2D eigenvalue weighted by Gasteiger charge is 2.35. The number of carbonyl (C=O) groups is 1. The predicted octanol–water partition coefficient (Wildman–Crippen LogP) is 2.51. The van der Waals surface area contributed by atoms with E-state index in [1.807, 2.05) is 26.0 Å². The van der Waals surface area contributed by atoms with Crippen LogP contribution in [0.4, 0.5) is 0 Å². The molecular weight excluding hydrogens is 356 g/mol. The zero-order chi connectivity index (χ0) is 20.5. The number of carboxylic acid groups (broad SMARTS) is 1. The summed E-state index contributed by atoms with van der Waals surface area (Å²) in [5.41, 5.74) is 6.85. The van der Waals surface area contributed by atoms with Gasteiger partial charge in [-0.05, 0) is 32.3 Å². The van der Waals surface area contributed by atoms with Crippen molar-refractivity contribution in [2.24, 2.45) is 17.6 Å². The standard InChI is InChI=1S/C17H30N2O2.CH4O3S/c1-5-8-9-13(4)17(18)11-10-14(16(20)21)15(12-17)19(6-2)7-3;1-5(2,3)4/h10-14H,5-9,18H2,1-4H3,(H,20,21);1H3,(H,2,3,4). The molecule has 0 spiro atoms. The second kappa shape index (κ2) is 10.7. The highest BCUT2D eigenvalue weighted by atomic mass is 32.2. The average molecular weight is 391 g/mol. The molecule has 0 saturated carbocycles. The Labute approximate surface area is 157 Å². The van der Waals surface area contributed by atoms with Gasteiger partial charge in [0.1, 0.15) is 5.92 Å². The topological polar surface area (TPSA) is 121 Å². The van der Waals surface area contributed by atoms with E-state index in [1.165, 1.54) is 0 Å². The predicted molar refractivity (Wildman–Crippen MR) is 104 cm³/mol. The maximum Gasteiger partial charge on any atom is 0.316 e. The summed E-state index contributed by atoms with van der Waals surface area (Å²) in [5.74, 6) is -1.10. The first kappa shape index (κ1) is 24.6. The van der Waals surface area contributed by atoms with Crippen LogP contribution < -0.4 is 5.73 Å². The maximum atomic E-state index is 11.5. The molecule has 1 rings (SSSR count). The van der Waals surface area contributed by atoms with E-state index in [0.29, 0.717) is 12.2 Å². The van der Waals surface area contributed by atoms with Crippen LogP contribution in [0.3, 0.4) is 0 Å². The van der Waals surface area contributed by atoms with Crippen molar-refractivity contribution in [2.75, 3.05) is 19.3 Å². The molecule has 0 heterocycles. The molecule has 0 aromatic heterocycles. The molecule has 3 atom stereocenters. The fourth-order valence-corrected chi connectivity index (χ4v) is 2.91. The Bertz CT molecular complexity index is 603. The Morgan fingerprint density at radius 2 is 1.85 bits per heavy atom. The third-order valence-electron chi connectivity index (χ3n) is 4.53. The summed E-state index contributed by atoms with van der Waals surface area (Å²) in [5, 5.41) is 9.44. The summed E-state index contributed by atoms with van der Waals surface area (Å²) < 4.78 is 25.9. The Kier molecular flexibility index (Phi) is 10.1. The molecule has 0 aromatic carbocycles. The van der Waals surface area contributed by atoms with E-state index in [-0.39, 0.29) is 0 Å². The van der Waals surface area contributed by atoms with Gasteiger partial charge in [0.25, 0.3) is 10.1 Å². The van der Waals surface area contributed by atoms with Crippen LogP contribution >= 0.6 is 0 Å². The van der Waals surface area contributed by atoms with E-state index in [4.69, 9.17) is 10.3 Å². The molecule has 1 aliphatic carbocycles. The van der Waals surface area contributed by atoms with Gasteiger partial charge < -0.3 is 15.7 Å². The van der Waals surface area contributed by atoms with Crippen molar-refractivity contribution in [1.82, 2.24) is 4.90 Å². The Hall–Kier alpha value is -1.38. The normalized spacial score (nSPS) is 23.5. The minimum Gasteiger partial charge on any atom is -0.481 e. The lowest BCUT2D eigenvalue weighted by Gasteiger charge is -2.38. The maximum absolute atomic E-state index is 11.5. The van der Waals surface area contributed by atoms with Gasteiger partial charge in [0.2, 0.25) is 0 Å². The number of nitrogens with two attached hydrogens (primary N) is 1. The lowest BCUT2D eigenvalue weighted by atomic mass is 9.77. The number of nitrogens with zero attached hydrogens (tertiary/aromatic N) is 1. The molecule has 0 radical (unpaired) electrons. The molecule has 0 amide bonds. The number of aliphatic carboxylic acids is 1. The summed E-state index contributed by atoms with van der Waals surface area (Å²) in [4.78, 5) is 13.6. The summed E-state index contributed by atoms with van der Waals surface area (Å²) in [6, 6.07) is 0. The second-order valence-corrected chi connectivity index (χ2v) is 8.16. The molecule has 0 aromatic rings. The first-order valence-corrected chi connectivity index (χ1v) is 10.9. The van der Waals surface area contributed by atoms with Gasteiger partial charge in [-0.15, -0.1) is 0 Å². The zero-order valence-corrected chi connectivity index (χ0v) is 17.3. The first-order chi connectivity index (χ1) is 11.9. The van der Waals surface area contributed by atoms with Crippen molar-refractivity contribution in [3.63, 3.8) is 0 Å². The van der Waals surface area contributed by atoms with Crippen molar-refractivity contribution < 1.29 is 22.9 Å². The third kappa shape index (κ3) is 8.33. The largest absolute Gasteiger partial charge is 0.481 e. The summed E-state index contributed by atoms with van der Waals surface area (Å²) in [6.45, 7) is 9.99. The summed E-state index contributed by atoms with van der Waals surface area (Å²) in [7, 11) is -3.67. The van der Waals surface area contributed by atoms with Gasteiger partial charge >= 0.3 is 5.97 Å². The molecule has 7 nitrogen and oxygen atoms in total. The van der Waals surface area contributed by atoms with Crippen LogP contribution in [0.2, 0.25) is 0 Å². The third-order valence-corrected chi connectivity index (χ3v) is 4.53. The zero-order valence-electron chi connectivity index (χ0n) is 16.5. The molecule has 8 heteroatoms. The van der Waals surface area contributed by atoms with E-state index in [2.05, 4.69) is 18.7 Å². The Balaban J connectivity index is 0.00000110.